The van der Waals surface area contributed by atoms with E-state index in [1.165, 1.54) is 147 Å². The Morgan fingerprint density at radius 1 is 0.533 bits per heavy atom. The van der Waals surface area contributed by atoms with Gasteiger partial charge in [-0.1, -0.05) is 185 Å². The van der Waals surface area contributed by atoms with Gasteiger partial charge in [0.15, 0.2) is 0 Å². The molecule has 0 amide bonds. The van der Waals surface area contributed by atoms with Gasteiger partial charge in [0.25, 0.3) is 0 Å². The third-order valence-corrected chi connectivity index (χ3v) is 8.58. The number of hydrogen-bond acceptors (Lipinski definition) is 2. The van der Waals surface area contributed by atoms with Gasteiger partial charge in [-0.15, -0.1) is 0 Å². The average Bonchev–Trinajstić information content (AvgIpc) is 3.05. The number of aliphatic imine (C=N–C) groups is 2. The van der Waals surface area contributed by atoms with Crippen LogP contribution in [0.1, 0.15) is 174 Å². The second-order valence-corrected chi connectivity index (χ2v) is 12.8. The fourth-order valence-electron chi connectivity index (χ4n) is 5.79. The Morgan fingerprint density at radius 3 is 1.58 bits per heavy atom. The van der Waals surface area contributed by atoms with Crippen LogP contribution in [0.15, 0.2) is 70.7 Å². The van der Waals surface area contributed by atoms with Crippen molar-refractivity contribution in [3.05, 3.63) is 66.2 Å². The van der Waals surface area contributed by atoms with Crippen LogP contribution in [-0.4, -0.2) is 11.9 Å². The fraction of sp³-hybridized carbons (Fsp3) is 0.619. The van der Waals surface area contributed by atoms with Gasteiger partial charge in [-0.05, 0) is 55.5 Å². The van der Waals surface area contributed by atoms with Crippen molar-refractivity contribution in [3.8, 4) is 0 Å². The third-order valence-electron chi connectivity index (χ3n) is 8.58. The molecule has 0 N–H and O–H groups in total. The van der Waals surface area contributed by atoms with Gasteiger partial charge >= 0.3 is 0 Å². The third kappa shape index (κ3) is 24.1. The molecule has 0 saturated carbocycles. The minimum absolute atomic E-state index is 0. The van der Waals surface area contributed by atoms with Crippen molar-refractivity contribution >= 4 is 29.4 Å². The van der Waals surface area contributed by atoms with Crippen LogP contribution in [0.5, 0.6) is 0 Å². The van der Waals surface area contributed by atoms with E-state index in [0.29, 0.717) is 0 Å². The van der Waals surface area contributed by atoms with Gasteiger partial charge in [0.1, 0.15) is 0 Å². The Labute approximate surface area is 292 Å². The van der Waals surface area contributed by atoms with E-state index >= 15 is 0 Å². The molecule has 0 aliphatic rings. The molecule has 0 atom stereocenters. The summed E-state index contributed by atoms with van der Waals surface area (Å²) in [5.74, 6) is 0. The molecule has 2 aromatic rings. The predicted molar refractivity (Wildman–Crippen MR) is 199 cm³/mol. The molecule has 2 nitrogen and oxygen atoms in total. The van der Waals surface area contributed by atoms with Crippen LogP contribution < -0.4 is 0 Å². The molecule has 0 heterocycles. The number of para-hydroxylation sites is 1. The van der Waals surface area contributed by atoms with Crippen molar-refractivity contribution in [3.63, 3.8) is 0 Å². The van der Waals surface area contributed by atoms with Crippen LogP contribution in [0.3, 0.4) is 0 Å². The summed E-state index contributed by atoms with van der Waals surface area (Å²) in [6.45, 7) is 4.54. The van der Waals surface area contributed by atoms with Crippen LogP contribution in [-0.2, 0) is 20.4 Å². The normalized spacial score (nSPS) is 11.9. The first kappa shape index (κ1) is 41.2. The van der Waals surface area contributed by atoms with Gasteiger partial charge in [0.05, 0.1) is 17.1 Å². The maximum atomic E-state index is 4.98. The second kappa shape index (κ2) is 30.8. The van der Waals surface area contributed by atoms with E-state index in [1.54, 1.807) is 0 Å². The quantitative estimate of drug-likeness (QED) is 0.0478. The van der Waals surface area contributed by atoms with Crippen LogP contribution in [0.2, 0.25) is 0 Å². The van der Waals surface area contributed by atoms with Gasteiger partial charge in [-0.3, -0.25) is 9.98 Å². The summed E-state index contributed by atoms with van der Waals surface area (Å²) in [7, 11) is 0. The molecule has 2 rings (SSSR count). The number of allylic oxidation sites excluding steroid dienone is 1. The van der Waals surface area contributed by atoms with Crippen LogP contribution in [0.4, 0.5) is 11.4 Å². The molecule has 0 aliphatic heterocycles. The summed E-state index contributed by atoms with van der Waals surface area (Å²) in [4.78, 5) is 9.65. The van der Waals surface area contributed by atoms with Crippen molar-refractivity contribution < 1.29 is 20.4 Å². The van der Waals surface area contributed by atoms with E-state index < -0.39 is 0 Å². The molecule has 254 valence electrons. The molecule has 0 spiro atoms. The fourth-order valence-corrected chi connectivity index (χ4v) is 5.79. The standard InChI is InChI=1S/C42H66N2.Pd/c1-3-5-7-8-9-10-11-12-13-14-15-16-17-18-19-20-21-22-23-24-27-31-39-32-30-36-41(37-39)44-42(35-26-6-4-2)38-43-40-33-28-25-29-34-40;/h25,27-34,36-38H,3-24,26,35H2,1-2H3;/b31-27+,43-38-,44-42+;. The Balaban J connectivity index is 0.0000101. The maximum absolute atomic E-state index is 4.98. The number of unbranched alkanes of at least 4 members (excludes halogenated alkanes) is 21. The Bertz CT molecular complexity index is 1010. The monoisotopic (exact) mass is 704 g/mol. The summed E-state index contributed by atoms with van der Waals surface area (Å²) in [6, 6.07) is 18.7. The molecule has 45 heavy (non-hydrogen) atoms. The first-order valence-corrected chi connectivity index (χ1v) is 18.7. The van der Waals surface area contributed by atoms with Crippen LogP contribution in [0.25, 0.3) is 6.08 Å². The van der Waals surface area contributed by atoms with Gasteiger partial charge in [-0.2, -0.15) is 0 Å². The van der Waals surface area contributed by atoms with Crippen molar-refractivity contribution in [2.45, 2.75) is 168 Å². The summed E-state index contributed by atoms with van der Waals surface area (Å²) >= 11 is 0. The summed E-state index contributed by atoms with van der Waals surface area (Å²) in [5, 5.41) is 0. The van der Waals surface area contributed by atoms with Crippen LogP contribution in [0, 0.1) is 0 Å². The first-order chi connectivity index (χ1) is 21.8. The zero-order valence-electron chi connectivity index (χ0n) is 29.1. The maximum Gasteiger partial charge on any atom is 0.0639 e. The zero-order valence-corrected chi connectivity index (χ0v) is 30.7. The Kier molecular flexibility index (Phi) is 28.2. The molecule has 0 unspecified atom stereocenters. The predicted octanol–water partition coefficient (Wildman–Crippen LogP) is 14.6. The second-order valence-electron chi connectivity index (χ2n) is 12.8. The molecule has 3 heteroatoms. The topological polar surface area (TPSA) is 24.7 Å². The molecule has 0 saturated heterocycles. The van der Waals surface area contributed by atoms with Crippen LogP contribution >= 0.6 is 0 Å². The zero-order chi connectivity index (χ0) is 31.2. The molecule has 0 fully saturated rings. The smallest absolute Gasteiger partial charge is 0.0639 e. The Morgan fingerprint density at radius 2 is 1.02 bits per heavy atom. The molecule has 2 aromatic carbocycles. The Hall–Kier alpha value is -1.82. The van der Waals surface area contributed by atoms with E-state index in [2.05, 4.69) is 55.3 Å². The molecule has 0 aliphatic carbocycles. The number of rotatable bonds is 28. The number of hydrogen-bond donors (Lipinski definition) is 0. The van der Waals surface area contributed by atoms with Crippen molar-refractivity contribution in [2.24, 2.45) is 9.98 Å². The first-order valence-electron chi connectivity index (χ1n) is 18.7. The minimum atomic E-state index is 0. The minimum Gasteiger partial charge on any atom is -0.255 e. The summed E-state index contributed by atoms with van der Waals surface area (Å²) in [6.07, 6.45) is 39.5. The number of nitrogens with zero attached hydrogens (tertiary/aromatic N) is 2. The van der Waals surface area contributed by atoms with E-state index in [4.69, 9.17) is 4.99 Å². The molecule has 0 bridgehead atoms. The van der Waals surface area contributed by atoms with E-state index in [-0.39, 0.29) is 20.4 Å². The molecular weight excluding hydrogens is 639 g/mol. The van der Waals surface area contributed by atoms with Crippen molar-refractivity contribution in [1.29, 1.82) is 0 Å². The molecule has 0 aromatic heterocycles. The average molecular weight is 705 g/mol. The largest absolute Gasteiger partial charge is 0.255 e. The van der Waals surface area contributed by atoms with Gasteiger partial charge in [-0.25, -0.2) is 0 Å². The summed E-state index contributed by atoms with van der Waals surface area (Å²) in [5.41, 5.74) is 4.28. The SMILES string of the molecule is CCCCCCCCCCCCCCCCCCCCC/C=C/c1cccc(/N=C(/C=N\c2ccccc2)CCCCC)c1.[Pd]. The number of benzene rings is 2. The van der Waals surface area contributed by atoms with Gasteiger partial charge in [0, 0.05) is 26.6 Å². The van der Waals surface area contributed by atoms with E-state index in [9.17, 15) is 0 Å². The molecule has 0 radical (unpaired) electrons. The van der Waals surface area contributed by atoms with Crippen molar-refractivity contribution in [2.75, 3.05) is 0 Å². The van der Waals surface area contributed by atoms with E-state index in [1.807, 2.05) is 36.5 Å². The molecular formula is C42H66N2Pd. The van der Waals surface area contributed by atoms with Gasteiger partial charge < -0.3 is 0 Å². The van der Waals surface area contributed by atoms with Crippen molar-refractivity contribution in [1.82, 2.24) is 0 Å². The van der Waals surface area contributed by atoms with E-state index in [0.717, 1.165) is 29.9 Å². The van der Waals surface area contributed by atoms with Gasteiger partial charge in [0.2, 0.25) is 0 Å². The summed E-state index contributed by atoms with van der Waals surface area (Å²) < 4.78 is 0.